The molecule has 1 atom stereocenters. The van der Waals surface area contributed by atoms with Gasteiger partial charge in [0.15, 0.2) is 0 Å². The molecule has 1 N–H and O–H groups in total. The Morgan fingerprint density at radius 3 is 2.12 bits per heavy atom. The highest BCUT2D eigenvalue weighted by Gasteiger charge is 2.25. The number of nitrogens with zero attached hydrogens (tertiary/aromatic N) is 1. The van der Waals surface area contributed by atoms with Gasteiger partial charge in [-0.1, -0.05) is 35.3 Å². The smallest absolute Gasteiger partial charge is 0.242 e. The Hall–Kier alpha value is -1.69. The maximum absolute atomic E-state index is 12.8. The minimum absolute atomic E-state index is 0.115. The van der Waals surface area contributed by atoms with E-state index >= 15 is 0 Å². The zero-order valence-corrected chi connectivity index (χ0v) is 16.9. The fourth-order valence-corrected chi connectivity index (χ4v) is 3.37. The summed E-state index contributed by atoms with van der Waals surface area (Å²) in [4.78, 5) is 27.4. The fourth-order valence-electron chi connectivity index (χ4n) is 2.34. The van der Waals surface area contributed by atoms with E-state index in [0.29, 0.717) is 16.6 Å². The molecule has 2 aromatic rings. The average Bonchev–Trinajstić information content (AvgIpc) is 2.65. The number of benzene rings is 2. The highest BCUT2D eigenvalue weighted by atomic mass is 35.5. The van der Waals surface area contributed by atoms with E-state index in [1.165, 1.54) is 11.8 Å². The van der Waals surface area contributed by atoms with Crippen molar-refractivity contribution in [3.63, 3.8) is 0 Å². The molecule has 0 aromatic heterocycles. The topological polar surface area (TPSA) is 49.4 Å². The number of carbonyl (C=O) groups excluding carboxylic acids is 2. The van der Waals surface area contributed by atoms with E-state index in [4.69, 9.17) is 23.2 Å². The van der Waals surface area contributed by atoms with E-state index in [1.807, 2.05) is 24.3 Å². The largest absolute Gasteiger partial charge is 0.357 e. The monoisotopic (exact) mass is 410 g/mol. The third-order valence-electron chi connectivity index (χ3n) is 3.86. The molecule has 0 radical (unpaired) electrons. The molecule has 0 saturated heterocycles. The number of nitrogens with one attached hydrogen (secondary N) is 1. The first-order valence-electron chi connectivity index (χ1n) is 8.04. The highest BCUT2D eigenvalue weighted by molar-refractivity contribution is 8.00. The Balaban J connectivity index is 2.10. The van der Waals surface area contributed by atoms with Crippen LogP contribution in [0.15, 0.2) is 53.4 Å². The van der Waals surface area contributed by atoms with Crippen molar-refractivity contribution in [3.8, 4) is 0 Å². The second-order valence-electron chi connectivity index (χ2n) is 5.68. The summed E-state index contributed by atoms with van der Waals surface area (Å²) in [6.45, 7) is 2.06. The number of hydrogen-bond donors (Lipinski definition) is 1. The summed E-state index contributed by atoms with van der Waals surface area (Å²) in [6.07, 6.45) is 0. The Morgan fingerprint density at radius 1 is 1.04 bits per heavy atom. The predicted molar refractivity (Wildman–Crippen MR) is 108 cm³/mol. The average molecular weight is 411 g/mol. The third-order valence-corrected chi connectivity index (χ3v) is 5.36. The number of rotatable bonds is 7. The molecule has 0 aliphatic carbocycles. The van der Waals surface area contributed by atoms with Gasteiger partial charge in [0, 0.05) is 28.5 Å². The van der Waals surface area contributed by atoms with E-state index in [1.54, 1.807) is 43.1 Å². The van der Waals surface area contributed by atoms with Crippen LogP contribution in [0.3, 0.4) is 0 Å². The molecule has 0 aliphatic heterocycles. The molecule has 2 aromatic carbocycles. The van der Waals surface area contributed by atoms with Gasteiger partial charge in [-0.05, 0) is 48.9 Å². The van der Waals surface area contributed by atoms with Crippen molar-refractivity contribution in [2.24, 2.45) is 0 Å². The van der Waals surface area contributed by atoms with E-state index < -0.39 is 6.04 Å². The fraction of sp³-hybridized carbons (Fsp3) is 0.263. The molecule has 0 fully saturated rings. The van der Waals surface area contributed by atoms with Crippen LogP contribution in [-0.4, -0.2) is 35.6 Å². The maximum atomic E-state index is 12.8. The van der Waals surface area contributed by atoms with Crippen LogP contribution < -0.4 is 5.32 Å². The van der Waals surface area contributed by atoms with Crippen molar-refractivity contribution in [2.45, 2.75) is 24.4 Å². The lowest BCUT2D eigenvalue weighted by Gasteiger charge is -2.28. The van der Waals surface area contributed by atoms with Crippen LogP contribution >= 0.6 is 35.0 Å². The van der Waals surface area contributed by atoms with E-state index in [-0.39, 0.29) is 17.6 Å². The SMILES string of the molecule is CNC(=O)[C@@H](C)N(Cc1ccc(Cl)cc1)C(=O)CSc1ccc(Cl)cc1. The molecule has 2 rings (SSSR count). The molecule has 2 amide bonds. The third kappa shape index (κ3) is 5.94. The normalized spacial score (nSPS) is 11.7. The molecule has 0 bridgehead atoms. The molecule has 0 unspecified atom stereocenters. The van der Waals surface area contributed by atoms with Crippen molar-refractivity contribution in [3.05, 3.63) is 64.1 Å². The van der Waals surface area contributed by atoms with Crippen LogP contribution in [0.1, 0.15) is 12.5 Å². The molecular weight excluding hydrogens is 391 g/mol. The van der Waals surface area contributed by atoms with Crippen molar-refractivity contribution in [2.75, 3.05) is 12.8 Å². The molecule has 0 saturated carbocycles. The van der Waals surface area contributed by atoms with E-state index in [9.17, 15) is 9.59 Å². The van der Waals surface area contributed by atoms with Crippen LogP contribution in [0.2, 0.25) is 10.0 Å². The van der Waals surface area contributed by atoms with Crippen LogP contribution in [0, 0.1) is 0 Å². The van der Waals surface area contributed by atoms with E-state index in [2.05, 4.69) is 5.32 Å². The minimum Gasteiger partial charge on any atom is -0.357 e. The highest BCUT2D eigenvalue weighted by Crippen LogP contribution is 2.22. The maximum Gasteiger partial charge on any atom is 0.242 e. The van der Waals surface area contributed by atoms with Crippen LogP contribution in [-0.2, 0) is 16.1 Å². The summed E-state index contributed by atoms with van der Waals surface area (Å²) in [7, 11) is 1.56. The van der Waals surface area contributed by atoms with Gasteiger partial charge in [0.2, 0.25) is 11.8 Å². The lowest BCUT2D eigenvalue weighted by molar-refractivity contribution is -0.138. The van der Waals surface area contributed by atoms with Crippen molar-refractivity contribution >= 4 is 46.8 Å². The van der Waals surface area contributed by atoms with Gasteiger partial charge < -0.3 is 10.2 Å². The first-order chi connectivity index (χ1) is 12.4. The second kappa shape index (κ2) is 9.86. The predicted octanol–water partition coefficient (Wildman–Crippen LogP) is 4.25. The Morgan fingerprint density at radius 2 is 1.58 bits per heavy atom. The van der Waals surface area contributed by atoms with Gasteiger partial charge in [0.05, 0.1) is 5.75 Å². The first kappa shape index (κ1) is 20.6. The summed E-state index contributed by atoms with van der Waals surface area (Å²) in [6, 6.07) is 14.0. The summed E-state index contributed by atoms with van der Waals surface area (Å²) < 4.78 is 0. The van der Waals surface area contributed by atoms with Gasteiger partial charge in [0.1, 0.15) is 6.04 Å². The Kier molecular flexibility index (Phi) is 7.82. The quantitative estimate of drug-likeness (QED) is 0.693. The summed E-state index contributed by atoms with van der Waals surface area (Å²) in [5.74, 6) is -0.0869. The molecule has 0 aliphatic rings. The molecular formula is C19H20Cl2N2O2S. The molecule has 4 nitrogen and oxygen atoms in total. The van der Waals surface area contributed by atoms with Gasteiger partial charge in [-0.25, -0.2) is 0 Å². The summed E-state index contributed by atoms with van der Waals surface area (Å²) in [5, 5.41) is 3.88. The number of hydrogen-bond acceptors (Lipinski definition) is 3. The van der Waals surface area contributed by atoms with Gasteiger partial charge in [-0.3, -0.25) is 9.59 Å². The molecule has 26 heavy (non-hydrogen) atoms. The number of halogens is 2. The molecule has 0 spiro atoms. The molecule has 138 valence electrons. The molecule has 0 heterocycles. The van der Waals surface area contributed by atoms with Crippen LogP contribution in [0.25, 0.3) is 0 Å². The van der Waals surface area contributed by atoms with Gasteiger partial charge in [-0.2, -0.15) is 0 Å². The van der Waals surface area contributed by atoms with E-state index in [0.717, 1.165) is 10.5 Å². The number of thioether (sulfide) groups is 1. The Bertz CT molecular complexity index is 751. The zero-order chi connectivity index (χ0) is 19.1. The van der Waals surface area contributed by atoms with Crippen molar-refractivity contribution < 1.29 is 9.59 Å². The summed E-state index contributed by atoms with van der Waals surface area (Å²) in [5.41, 5.74) is 0.912. The molecule has 7 heteroatoms. The zero-order valence-electron chi connectivity index (χ0n) is 14.5. The number of amides is 2. The lowest BCUT2D eigenvalue weighted by Crippen LogP contribution is -2.47. The van der Waals surface area contributed by atoms with Crippen molar-refractivity contribution in [1.82, 2.24) is 10.2 Å². The second-order valence-corrected chi connectivity index (χ2v) is 7.60. The van der Waals surface area contributed by atoms with Crippen LogP contribution in [0.4, 0.5) is 0 Å². The van der Waals surface area contributed by atoms with Crippen molar-refractivity contribution in [1.29, 1.82) is 0 Å². The van der Waals surface area contributed by atoms with Gasteiger partial charge in [-0.15, -0.1) is 11.8 Å². The summed E-state index contributed by atoms with van der Waals surface area (Å²) >= 11 is 13.2. The van der Waals surface area contributed by atoms with Gasteiger partial charge in [0.25, 0.3) is 0 Å². The standard InChI is InChI=1S/C19H20Cl2N2O2S/c1-13(19(25)22-2)23(11-14-3-5-15(20)6-4-14)18(24)12-26-17-9-7-16(21)8-10-17/h3-10,13H,11-12H2,1-2H3,(H,22,25)/t13-/m1/s1. The van der Waals surface area contributed by atoms with Gasteiger partial charge >= 0.3 is 0 Å². The number of likely N-dealkylation sites (N-methyl/N-ethyl adjacent to an activating group) is 1. The Labute approximate surface area is 167 Å². The number of carbonyl (C=O) groups is 2. The lowest BCUT2D eigenvalue weighted by atomic mass is 10.1. The first-order valence-corrected chi connectivity index (χ1v) is 9.78. The van der Waals surface area contributed by atoms with Crippen LogP contribution in [0.5, 0.6) is 0 Å². The minimum atomic E-state index is -0.575.